The third-order valence-electron chi connectivity index (χ3n) is 6.37. The van der Waals surface area contributed by atoms with Gasteiger partial charge in [-0.1, -0.05) is 86.5 Å². The Morgan fingerprint density at radius 3 is 2.24 bits per heavy atom. The van der Waals surface area contributed by atoms with E-state index in [1.807, 2.05) is 61.5 Å². The maximum Gasteiger partial charge on any atom is 0.295 e. The smallest absolute Gasteiger partial charge is 0.295 e. The number of carbonyl (C=O) groups excluding carboxylic acids is 2. The molecule has 1 heterocycles. The topological polar surface area (TPSA) is 76.1 Å². The van der Waals surface area contributed by atoms with E-state index in [4.69, 9.17) is 9.47 Å². The van der Waals surface area contributed by atoms with Crippen LogP contribution in [0.3, 0.4) is 0 Å². The lowest BCUT2D eigenvalue weighted by Crippen LogP contribution is -2.29. The molecular formula is C31H33NO5. The van der Waals surface area contributed by atoms with Crippen molar-refractivity contribution in [3.05, 3.63) is 101 Å². The molecule has 4 rings (SSSR count). The summed E-state index contributed by atoms with van der Waals surface area (Å²) in [6.45, 7) is 5.27. The minimum atomic E-state index is -0.784. The quantitative estimate of drug-likeness (QED) is 0.146. The van der Waals surface area contributed by atoms with Crippen LogP contribution in [-0.2, 0) is 16.1 Å². The minimum absolute atomic E-state index is 0.0613. The van der Waals surface area contributed by atoms with Gasteiger partial charge >= 0.3 is 0 Å². The van der Waals surface area contributed by atoms with Crippen LogP contribution in [0, 0.1) is 0 Å². The third-order valence-corrected chi connectivity index (χ3v) is 6.37. The molecule has 0 spiro atoms. The van der Waals surface area contributed by atoms with Crippen molar-refractivity contribution >= 4 is 17.4 Å². The van der Waals surface area contributed by atoms with E-state index in [-0.39, 0.29) is 17.9 Å². The lowest BCUT2D eigenvalue weighted by molar-refractivity contribution is -0.140. The highest BCUT2D eigenvalue weighted by atomic mass is 16.5. The number of carbonyl (C=O) groups is 2. The van der Waals surface area contributed by atoms with Crippen molar-refractivity contribution in [2.75, 3.05) is 13.2 Å². The standard InChI is InChI=1S/C31H33NO5/c1-3-5-12-19-37-25-18-17-24(20-26(25)36-4-2)28-27(29(33)23-15-10-7-11-16-23)30(34)31(35)32(28)21-22-13-8-6-9-14-22/h6-11,13-18,20,28,33H,3-5,12,19,21H2,1-2H3/b29-27+. The summed E-state index contributed by atoms with van der Waals surface area (Å²) < 4.78 is 11.9. The van der Waals surface area contributed by atoms with Crippen molar-refractivity contribution in [2.24, 2.45) is 0 Å². The highest BCUT2D eigenvalue weighted by Gasteiger charge is 2.46. The number of unbranched alkanes of at least 4 members (excludes halogenated alkanes) is 2. The van der Waals surface area contributed by atoms with Gasteiger partial charge in [-0.05, 0) is 36.6 Å². The molecule has 1 aliphatic rings. The highest BCUT2D eigenvalue weighted by Crippen LogP contribution is 2.42. The summed E-state index contributed by atoms with van der Waals surface area (Å²) in [6.07, 6.45) is 3.12. The van der Waals surface area contributed by atoms with Crippen LogP contribution in [0.15, 0.2) is 84.4 Å². The molecule has 192 valence electrons. The van der Waals surface area contributed by atoms with E-state index in [0.717, 1.165) is 24.8 Å². The van der Waals surface area contributed by atoms with Gasteiger partial charge < -0.3 is 19.5 Å². The number of hydrogen-bond donors (Lipinski definition) is 1. The molecule has 0 aromatic heterocycles. The zero-order chi connectivity index (χ0) is 26.2. The summed E-state index contributed by atoms with van der Waals surface area (Å²) in [7, 11) is 0. The summed E-state index contributed by atoms with van der Waals surface area (Å²) in [5.41, 5.74) is 2.09. The van der Waals surface area contributed by atoms with Gasteiger partial charge in [-0.3, -0.25) is 9.59 Å². The number of hydrogen-bond acceptors (Lipinski definition) is 5. The predicted octanol–water partition coefficient (Wildman–Crippen LogP) is 6.28. The van der Waals surface area contributed by atoms with Gasteiger partial charge in [0.05, 0.1) is 24.8 Å². The van der Waals surface area contributed by atoms with Gasteiger partial charge in [0.1, 0.15) is 5.76 Å². The number of amides is 1. The first-order chi connectivity index (χ1) is 18.0. The fourth-order valence-electron chi connectivity index (χ4n) is 4.54. The molecule has 0 aliphatic carbocycles. The second kappa shape index (κ2) is 12.3. The van der Waals surface area contributed by atoms with E-state index in [1.165, 1.54) is 4.90 Å². The molecule has 3 aromatic rings. The second-order valence-electron chi connectivity index (χ2n) is 8.97. The number of Topliss-reactive ketones (excluding diaryl/α,β-unsaturated/α-hetero) is 1. The van der Waals surface area contributed by atoms with Crippen molar-refractivity contribution in [3.8, 4) is 11.5 Å². The van der Waals surface area contributed by atoms with Crippen LogP contribution in [0.4, 0.5) is 0 Å². The average Bonchev–Trinajstić information content (AvgIpc) is 3.17. The van der Waals surface area contributed by atoms with E-state index < -0.39 is 17.7 Å². The van der Waals surface area contributed by atoms with Crippen LogP contribution in [0.25, 0.3) is 5.76 Å². The van der Waals surface area contributed by atoms with Gasteiger partial charge in [0.25, 0.3) is 11.7 Å². The number of ketones is 1. The SMILES string of the molecule is CCCCCOc1ccc(C2/C(=C(\O)c3ccccc3)C(=O)C(=O)N2Cc2ccccc2)cc1OCC. The number of rotatable bonds is 11. The molecular weight excluding hydrogens is 466 g/mol. The first kappa shape index (κ1) is 26.0. The molecule has 0 radical (unpaired) electrons. The Labute approximate surface area is 218 Å². The predicted molar refractivity (Wildman–Crippen MR) is 143 cm³/mol. The Morgan fingerprint density at radius 1 is 0.865 bits per heavy atom. The lowest BCUT2D eigenvalue weighted by atomic mass is 9.95. The van der Waals surface area contributed by atoms with Crippen LogP contribution in [0.5, 0.6) is 11.5 Å². The first-order valence-electron chi connectivity index (χ1n) is 12.8. The van der Waals surface area contributed by atoms with Crippen molar-refractivity contribution < 1.29 is 24.2 Å². The van der Waals surface area contributed by atoms with Gasteiger partial charge in [0.2, 0.25) is 0 Å². The first-order valence-corrected chi connectivity index (χ1v) is 12.8. The molecule has 1 atom stereocenters. The second-order valence-corrected chi connectivity index (χ2v) is 8.97. The summed E-state index contributed by atoms with van der Waals surface area (Å²) >= 11 is 0. The Bertz CT molecular complexity index is 1250. The van der Waals surface area contributed by atoms with E-state index in [2.05, 4.69) is 6.92 Å². The molecule has 1 unspecified atom stereocenters. The number of nitrogens with zero attached hydrogens (tertiary/aromatic N) is 1. The Hall–Kier alpha value is -4.06. The van der Waals surface area contributed by atoms with Crippen LogP contribution in [0.2, 0.25) is 0 Å². The lowest BCUT2D eigenvalue weighted by Gasteiger charge is -2.26. The molecule has 0 saturated carbocycles. The van der Waals surface area contributed by atoms with Crippen LogP contribution in [0.1, 0.15) is 55.8 Å². The van der Waals surface area contributed by atoms with Crippen LogP contribution >= 0.6 is 0 Å². The molecule has 1 N–H and O–H groups in total. The van der Waals surface area contributed by atoms with Gasteiger partial charge in [-0.2, -0.15) is 0 Å². The molecule has 1 aliphatic heterocycles. The summed E-state index contributed by atoms with van der Waals surface area (Å²) in [5, 5.41) is 11.2. The van der Waals surface area contributed by atoms with E-state index in [0.29, 0.717) is 35.8 Å². The zero-order valence-corrected chi connectivity index (χ0v) is 21.4. The van der Waals surface area contributed by atoms with Gasteiger partial charge in [0.15, 0.2) is 11.5 Å². The largest absolute Gasteiger partial charge is 0.507 e. The molecule has 1 saturated heterocycles. The Morgan fingerprint density at radius 2 is 1.57 bits per heavy atom. The summed E-state index contributed by atoms with van der Waals surface area (Å²) in [4.78, 5) is 28.1. The molecule has 3 aromatic carbocycles. The summed E-state index contributed by atoms with van der Waals surface area (Å²) in [5.74, 6) is -0.395. The highest BCUT2D eigenvalue weighted by molar-refractivity contribution is 6.46. The fraction of sp³-hybridized carbons (Fsp3) is 0.290. The molecule has 6 heteroatoms. The monoisotopic (exact) mass is 499 g/mol. The summed E-state index contributed by atoms with van der Waals surface area (Å²) in [6, 6.07) is 23.0. The maximum absolute atomic E-state index is 13.3. The van der Waals surface area contributed by atoms with E-state index >= 15 is 0 Å². The fourth-order valence-corrected chi connectivity index (χ4v) is 4.54. The third kappa shape index (κ3) is 5.85. The molecule has 37 heavy (non-hydrogen) atoms. The van der Waals surface area contributed by atoms with E-state index in [9.17, 15) is 14.7 Å². The average molecular weight is 500 g/mol. The number of likely N-dealkylation sites (tertiary alicyclic amines) is 1. The number of aliphatic hydroxyl groups is 1. The molecule has 0 bridgehead atoms. The Kier molecular flexibility index (Phi) is 8.62. The molecule has 1 amide bonds. The zero-order valence-electron chi connectivity index (χ0n) is 21.4. The van der Waals surface area contributed by atoms with Gasteiger partial charge in [0, 0.05) is 12.1 Å². The minimum Gasteiger partial charge on any atom is -0.507 e. The van der Waals surface area contributed by atoms with Crippen molar-refractivity contribution in [3.63, 3.8) is 0 Å². The van der Waals surface area contributed by atoms with E-state index in [1.54, 1.807) is 24.3 Å². The molecule has 6 nitrogen and oxygen atoms in total. The van der Waals surface area contributed by atoms with Crippen molar-refractivity contribution in [2.45, 2.75) is 45.7 Å². The molecule has 1 fully saturated rings. The number of aliphatic hydroxyl groups excluding tert-OH is 1. The van der Waals surface area contributed by atoms with Crippen LogP contribution < -0.4 is 9.47 Å². The van der Waals surface area contributed by atoms with Gasteiger partial charge in [-0.15, -0.1) is 0 Å². The Balaban J connectivity index is 1.79. The normalized spacial score (nSPS) is 16.7. The van der Waals surface area contributed by atoms with Crippen LogP contribution in [-0.4, -0.2) is 34.9 Å². The van der Waals surface area contributed by atoms with Gasteiger partial charge in [-0.25, -0.2) is 0 Å². The maximum atomic E-state index is 13.3. The van der Waals surface area contributed by atoms with Crippen molar-refractivity contribution in [1.29, 1.82) is 0 Å². The number of benzene rings is 3. The van der Waals surface area contributed by atoms with Crippen molar-refractivity contribution in [1.82, 2.24) is 4.90 Å². The number of ether oxygens (including phenoxy) is 2.